The molecule has 1 rings (SSSR count). The fourth-order valence-corrected chi connectivity index (χ4v) is 1.52. The van der Waals surface area contributed by atoms with Crippen LogP contribution >= 0.6 is 0 Å². The van der Waals surface area contributed by atoms with E-state index in [2.05, 4.69) is 12.2 Å². The zero-order valence-electron chi connectivity index (χ0n) is 10.9. The van der Waals surface area contributed by atoms with Crippen LogP contribution < -0.4 is 10.1 Å². The van der Waals surface area contributed by atoms with Crippen molar-refractivity contribution in [2.75, 3.05) is 6.54 Å². The molecule has 1 amide bonds. The molecule has 0 aliphatic heterocycles. The van der Waals surface area contributed by atoms with Crippen molar-refractivity contribution in [2.45, 2.75) is 33.1 Å². The predicted octanol–water partition coefficient (Wildman–Crippen LogP) is 2.53. The van der Waals surface area contributed by atoms with Crippen molar-refractivity contribution in [1.29, 1.82) is 0 Å². The topological polar surface area (TPSA) is 55.4 Å². The molecule has 0 bridgehead atoms. The number of unbranched alkanes of at least 4 members (excludes halogenated alkanes) is 2. The molecule has 0 spiro atoms. The van der Waals surface area contributed by atoms with Gasteiger partial charge in [-0.1, -0.05) is 19.8 Å². The Hall–Kier alpha value is -1.84. The van der Waals surface area contributed by atoms with Crippen molar-refractivity contribution in [3.63, 3.8) is 0 Å². The van der Waals surface area contributed by atoms with Crippen molar-refractivity contribution < 1.29 is 14.3 Å². The molecule has 0 atom stereocenters. The molecule has 0 aliphatic rings. The number of hydrogen-bond donors (Lipinski definition) is 1. The fraction of sp³-hybridized carbons (Fsp3) is 0.429. The third-order valence-electron chi connectivity index (χ3n) is 2.44. The van der Waals surface area contributed by atoms with Crippen LogP contribution in [0.3, 0.4) is 0 Å². The number of nitrogens with one attached hydrogen (secondary N) is 1. The molecule has 4 nitrogen and oxygen atoms in total. The van der Waals surface area contributed by atoms with Crippen molar-refractivity contribution >= 4 is 11.9 Å². The lowest BCUT2D eigenvalue weighted by Gasteiger charge is -2.05. The third kappa shape index (κ3) is 4.99. The van der Waals surface area contributed by atoms with Gasteiger partial charge in [0.2, 0.25) is 0 Å². The molecule has 1 N–H and O–H groups in total. The summed E-state index contributed by atoms with van der Waals surface area (Å²) in [5, 5.41) is 2.85. The second-order valence-corrected chi connectivity index (χ2v) is 4.08. The Kier molecular flexibility index (Phi) is 5.91. The van der Waals surface area contributed by atoms with Crippen LogP contribution in [0.2, 0.25) is 0 Å². The van der Waals surface area contributed by atoms with E-state index in [9.17, 15) is 9.59 Å². The van der Waals surface area contributed by atoms with Gasteiger partial charge in [0.15, 0.2) is 0 Å². The molecule has 18 heavy (non-hydrogen) atoms. The van der Waals surface area contributed by atoms with Gasteiger partial charge in [0.05, 0.1) is 0 Å². The van der Waals surface area contributed by atoms with E-state index in [1.807, 2.05) is 0 Å². The minimum absolute atomic E-state index is 0.0968. The Morgan fingerprint density at radius 1 is 1.17 bits per heavy atom. The molecule has 1 aromatic carbocycles. The number of esters is 1. The molecule has 0 aromatic heterocycles. The van der Waals surface area contributed by atoms with Crippen LogP contribution in [0.25, 0.3) is 0 Å². The van der Waals surface area contributed by atoms with Gasteiger partial charge in [-0.2, -0.15) is 0 Å². The third-order valence-corrected chi connectivity index (χ3v) is 2.44. The Bertz CT molecular complexity index is 398. The van der Waals surface area contributed by atoms with Crippen molar-refractivity contribution in [3.8, 4) is 5.75 Å². The van der Waals surface area contributed by atoms with Gasteiger partial charge in [0, 0.05) is 19.0 Å². The maximum atomic E-state index is 11.7. The second-order valence-electron chi connectivity index (χ2n) is 4.08. The van der Waals surface area contributed by atoms with Crippen LogP contribution in [0.1, 0.15) is 43.5 Å². The number of ether oxygens (including phenoxy) is 1. The maximum absolute atomic E-state index is 11.7. The van der Waals surface area contributed by atoms with Crippen LogP contribution in [0.5, 0.6) is 5.75 Å². The minimum Gasteiger partial charge on any atom is -0.427 e. The molecule has 0 heterocycles. The SMILES string of the molecule is CCCCCNC(=O)c1ccc(OC(C)=O)cc1. The smallest absolute Gasteiger partial charge is 0.308 e. The standard InChI is InChI=1S/C14H19NO3/c1-3-4-5-10-15-14(17)12-6-8-13(9-7-12)18-11(2)16/h6-9H,3-5,10H2,1-2H3,(H,15,17). The second kappa shape index (κ2) is 7.48. The van der Waals surface area contributed by atoms with Gasteiger partial charge >= 0.3 is 5.97 Å². The van der Waals surface area contributed by atoms with E-state index in [1.165, 1.54) is 6.92 Å². The maximum Gasteiger partial charge on any atom is 0.308 e. The minimum atomic E-state index is -0.369. The summed E-state index contributed by atoms with van der Waals surface area (Å²) < 4.78 is 4.89. The molecule has 0 aliphatic carbocycles. The van der Waals surface area contributed by atoms with Crippen molar-refractivity contribution in [3.05, 3.63) is 29.8 Å². The summed E-state index contributed by atoms with van der Waals surface area (Å²) in [6.07, 6.45) is 3.24. The van der Waals surface area contributed by atoms with Gasteiger partial charge in [-0.05, 0) is 30.7 Å². The fourth-order valence-electron chi connectivity index (χ4n) is 1.52. The molecule has 1 aromatic rings. The van der Waals surface area contributed by atoms with Gasteiger partial charge in [0.25, 0.3) is 5.91 Å². The Morgan fingerprint density at radius 3 is 2.39 bits per heavy atom. The zero-order chi connectivity index (χ0) is 13.4. The van der Waals surface area contributed by atoms with E-state index in [0.29, 0.717) is 17.9 Å². The summed E-state index contributed by atoms with van der Waals surface area (Å²) in [4.78, 5) is 22.5. The van der Waals surface area contributed by atoms with E-state index >= 15 is 0 Å². The van der Waals surface area contributed by atoms with Crippen LogP contribution in [0.15, 0.2) is 24.3 Å². The summed E-state index contributed by atoms with van der Waals surface area (Å²) in [6.45, 7) is 4.16. The van der Waals surface area contributed by atoms with E-state index in [-0.39, 0.29) is 11.9 Å². The predicted molar refractivity (Wildman–Crippen MR) is 69.6 cm³/mol. The number of benzene rings is 1. The molecule has 0 saturated heterocycles. The van der Waals surface area contributed by atoms with Crippen LogP contribution in [0.4, 0.5) is 0 Å². The van der Waals surface area contributed by atoms with Gasteiger partial charge in [0.1, 0.15) is 5.75 Å². The lowest BCUT2D eigenvalue weighted by atomic mass is 10.2. The van der Waals surface area contributed by atoms with Gasteiger partial charge in [-0.15, -0.1) is 0 Å². The number of carbonyl (C=O) groups is 2. The largest absolute Gasteiger partial charge is 0.427 e. The molecular formula is C14H19NO3. The van der Waals surface area contributed by atoms with E-state index < -0.39 is 0 Å². The van der Waals surface area contributed by atoms with Gasteiger partial charge in [-0.25, -0.2) is 0 Å². The molecule has 0 radical (unpaired) electrons. The summed E-state index contributed by atoms with van der Waals surface area (Å²) in [6, 6.07) is 6.52. The van der Waals surface area contributed by atoms with Gasteiger partial charge in [-0.3, -0.25) is 9.59 Å². The number of carbonyl (C=O) groups excluding carboxylic acids is 2. The first-order valence-corrected chi connectivity index (χ1v) is 6.20. The Morgan fingerprint density at radius 2 is 1.83 bits per heavy atom. The highest BCUT2D eigenvalue weighted by molar-refractivity contribution is 5.94. The summed E-state index contributed by atoms with van der Waals surface area (Å²) in [7, 11) is 0. The lowest BCUT2D eigenvalue weighted by molar-refractivity contribution is -0.131. The quantitative estimate of drug-likeness (QED) is 0.479. The summed E-state index contributed by atoms with van der Waals surface area (Å²) in [5.41, 5.74) is 0.572. The summed E-state index contributed by atoms with van der Waals surface area (Å²) in [5.74, 6) is -0.0164. The van der Waals surface area contributed by atoms with E-state index in [4.69, 9.17) is 4.74 Å². The lowest BCUT2D eigenvalue weighted by Crippen LogP contribution is -2.24. The van der Waals surface area contributed by atoms with Crippen LogP contribution in [-0.4, -0.2) is 18.4 Å². The monoisotopic (exact) mass is 249 g/mol. The van der Waals surface area contributed by atoms with E-state index in [0.717, 1.165) is 19.3 Å². The van der Waals surface area contributed by atoms with Crippen LogP contribution in [0, 0.1) is 0 Å². The highest BCUT2D eigenvalue weighted by Gasteiger charge is 2.05. The first-order chi connectivity index (χ1) is 8.63. The highest BCUT2D eigenvalue weighted by atomic mass is 16.5. The van der Waals surface area contributed by atoms with E-state index in [1.54, 1.807) is 24.3 Å². The molecular weight excluding hydrogens is 230 g/mol. The first-order valence-electron chi connectivity index (χ1n) is 6.20. The normalized spacial score (nSPS) is 9.89. The number of rotatable bonds is 6. The zero-order valence-corrected chi connectivity index (χ0v) is 10.9. The molecule has 4 heteroatoms. The number of hydrogen-bond acceptors (Lipinski definition) is 3. The highest BCUT2D eigenvalue weighted by Crippen LogP contribution is 2.12. The molecule has 0 unspecified atom stereocenters. The number of amides is 1. The van der Waals surface area contributed by atoms with Crippen LogP contribution in [-0.2, 0) is 4.79 Å². The average Bonchev–Trinajstić information content (AvgIpc) is 2.34. The molecule has 0 saturated carbocycles. The Labute approximate surface area is 107 Å². The first kappa shape index (κ1) is 14.2. The summed E-state index contributed by atoms with van der Waals surface area (Å²) >= 11 is 0. The Balaban J connectivity index is 2.46. The van der Waals surface area contributed by atoms with Gasteiger partial charge < -0.3 is 10.1 Å². The molecule has 0 fully saturated rings. The molecule has 98 valence electrons. The van der Waals surface area contributed by atoms with Crippen molar-refractivity contribution in [1.82, 2.24) is 5.32 Å². The average molecular weight is 249 g/mol. The van der Waals surface area contributed by atoms with Crippen molar-refractivity contribution in [2.24, 2.45) is 0 Å².